The van der Waals surface area contributed by atoms with Crippen LogP contribution in [0.2, 0.25) is 0 Å². The minimum Gasteiger partial charge on any atom is -0.491 e. The SMILES string of the molecule is [2H]C([2H])([2H])C(c1ccc(OCC(C)O)cc1)(c1ccc(OCC(C)O)cc1)C([2H])([2H])[2H]. The van der Waals surface area contributed by atoms with Crippen molar-refractivity contribution < 1.29 is 27.9 Å². The molecule has 0 heterocycles. The summed E-state index contributed by atoms with van der Waals surface area (Å²) in [6.07, 6.45) is -1.36. The summed E-state index contributed by atoms with van der Waals surface area (Å²) in [7, 11) is 0. The van der Waals surface area contributed by atoms with E-state index in [1.165, 1.54) is 48.5 Å². The van der Waals surface area contributed by atoms with Crippen molar-refractivity contribution in [2.24, 2.45) is 0 Å². The van der Waals surface area contributed by atoms with Crippen molar-refractivity contribution in [1.82, 2.24) is 0 Å². The molecule has 0 aliphatic carbocycles. The molecule has 0 spiro atoms. The molecule has 0 saturated carbocycles. The summed E-state index contributed by atoms with van der Waals surface area (Å²) >= 11 is 0. The van der Waals surface area contributed by atoms with Crippen LogP contribution in [-0.2, 0) is 5.41 Å². The average Bonchev–Trinajstić information content (AvgIpc) is 2.65. The Hall–Kier alpha value is -2.04. The number of aliphatic hydroxyl groups excluding tert-OH is 2. The van der Waals surface area contributed by atoms with Crippen LogP contribution < -0.4 is 9.47 Å². The minimum atomic E-state index is -2.90. The molecule has 2 atom stereocenters. The summed E-state index contributed by atoms with van der Waals surface area (Å²) in [6, 6.07) is 11.7. The summed E-state index contributed by atoms with van der Waals surface area (Å²) in [5, 5.41) is 18.7. The Balaban J connectivity index is 2.55. The number of aliphatic hydroxyl groups is 2. The van der Waals surface area contributed by atoms with Gasteiger partial charge in [-0.2, -0.15) is 0 Å². The number of hydrogen-bond donors (Lipinski definition) is 2. The second kappa shape index (κ2) is 8.37. The zero-order chi connectivity index (χ0) is 23.4. The lowest BCUT2D eigenvalue weighted by Crippen LogP contribution is -2.19. The van der Waals surface area contributed by atoms with Gasteiger partial charge in [0.25, 0.3) is 0 Å². The molecule has 4 nitrogen and oxygen atoms in total. The van der Waals surface area contributed by atoms with Crippen LogP contribution in [0.15, 0.2) is 48.5 Å². The molecule has 0 amide bonds. The Morgan fingerprint density at radius 3 is 1.44 bits per heavy atom. The van der Waals surface area contributed by atoms with E-state index < -0.39 is 31.3 Å². The lowest BCUT2D eigenvalue weighted by Gasteiger charge is -2.26. The van der Waals surface area contributed by atoms with Crippen molar-refractivity contribution in [1.29, 1.82) is 0 Å². The highest BCUT2D eigenvalue weighted by atomic mass is 16.5. The smallest absolute Gasteiger partial charge is 0.119 e. The van der Waals surface area contributed by atoms with Gasteiger partial charge in [-0.15, -0.1) is 0 Å². The Morgan fingerprint density at radius 1 is 0.800 bits per heavy atom. The monoisotopic (exact) mass is 350 g/mol. The third kappa shape index (κ3) is 5.48. The van der Waals surface area contributed by atoms with E-state index >= 15 is 0 Å². The molecule has 4 heteroatoms. The maximum Gasteiger partial charge on any atom is 0.119 e. The van der Waals surface area contributed by atoms with Crippen LogP contribution in [0.5, 0.6) is 11.5 Å². The highest BCUT2D eigenvalue weighted by Crippen LogP contribution is 2.33. The highest BCUT2D eigenvalue weighted by molar-refractivity contribution is 5.41. The summed E-state index contributed by atoms with van der Waals surface area (Å²) < 4.78 is 60.0. The van der Waals surface area contributed by atoms with E-state index in [2.05, 4.69) is 0 Å². The van der Waals surface area contributed by atoms with Crippen molar-refractivity contribution in [2.75, 3.05) is 13.2 Å². The van der Waals surface area contributed by atoms with Crippen molar-refractivity contribution in [2.45, 2.75) is 45.2 Å². The standard InChI is InChI=1S/C21H28O4/c1-15(22)13-24-19-9-5-17(6-10-19)21(3,4)18-7-11-20(12-8-18)25-14-16(2)23/h5-12,15-16,22-23H,13-14H2,1-4H3/i3D3,4D3. The fraction of sp³-hybridized carbons (Fsp3) is 0.429. The topological polar surface area (TPSA) is 58.9 Å². The molecule has 136 valence electrons. The predicted octanol–water partition coefficient (Wildman–Crippen LogP) is 3.53. The quantitative estimate of drug-likeness (QED) is 0.765. The molecule has 0 bridgehead atoms. The zero-order valence-electron chi connectivity index (χ0n) is 20.4. The van der Waals surface area contributed by atoms with Gasteiger partial charge in [-0.1, -0.05) is 38.0 Å². The van der Waals surface area contributed by atoms with Crippen molar-refractivity contribution in [3.63, 3.8) is 0 Å². The fourth-order valence-electron chi connectivity index (χ4n) is 2.20. The van der Waals surface area contributed by atoms with Gasteiger partial charge in [0.2, 0.25) is 0 Å². The molecule has 2 unspecified atom stereocenters. The van der Waals surface area contributed by atoms with Crippen LogP contribution in [0.3, 0.4) is 0 Å². The van der Waals surface area contributed by atoms with Crippen LogP contribution in [0.1, 0.15) is 46.9 Å². The van der Waals surface area contributed by atoms with Crippen LogP contribution >= 0.6 is 0 Å². The normalized spacial score (nSPS) is 18.6. The van der Waals surface area contributed by atoms with Gasteiger partial charge >= 0.3 is 0 Å². The van der Waals surface area contributed by atoms with Crippen molar-refractivity contribution in [3.8, 4) is 11.5 Å². The zero-order valence-corrected chi connectivity index (χ0v) is 14.4. The molecular formula is C21H28O4. The van der Waals surface area contributed by atoms with Crippen LogP contribution in [0, 0.1) is 0 Å². The van der Waals surface area contributed by atoms with E-state index in [1.54, 1.807) is 13.8 Å². The number of rotatable bonds is 8. The molecular weight excluding hydrogens is 316 g/mol. The van der Waals surface area contributed by atoms with Gasteiger partial charge in [-0.3, -0.25) is 0 Å². The Kier molecular flexibility index (Phi) is 4.13. The number of hydrogen-bond acceptors (Lipinski definition) is 4. The molecule has 0 saturated heterocycles. The van der Waals surface area contributed by atoms with E-state index in [9.17, 15) is 10.2 Å². The molecule has 2 rings (SSSR count). The first-order valence-corrected chi connectivity index (χ1v) is 8.12. The van der Waals surface area contributed by atoms with Gasteiger partial charge in [0.05, 0.1) is 12.2 Å². The van der Waals surface area contributed by atoms with Gasteiger partial charge < -0.3 is 19.7 Å². The lowest BCUT2D eigenvalue weighted by atomic mass is 9.78. The second-order valence-corrected chi connectivity index (χ2v) is 6.12. The molecule has 2 N–H and O–H groups in total. The number of ether oxygens (including phenoxy) is 2. The van der Waals surface area contributed by atoms with Crippen LogP contribution in [-0.4, -0.2) is 35.6 Å². The summed E-state index contributed by atoms with van der Waals surface area (Å²) in [4.78, 5) is 0. The molecule has 0 aliphatic rings. The second-order valence-electron chi connectivity index (χ2n) is 6.12. The summed E-state index contributed by atoms with van der Waals surface area (Å²) in [6.45, 7) is -2.56. The maximum atomic E-state index is 9.35. The van der Waals surface area contributed by atoms with E-state index in [0.717, 1.165) is 0 Å². The largest absolute Gasteiger partial charge is 0.491 e. The maximum absolute atomic E-state index is 9.35. The Bertz CT molecular complexity index is 755. The van der Waals surface area contributed by atoms with E-state index in [-0.39, 0.29) is 24.3 Å². The molecule has 2 aromatic rings. The van der Waals surface area contributed by atoms with E-state index in [4.69, 9.17) is 17.7 Å². The molecule has 0 aliphatic heterocycles. The molecule has 0 aromatic heterocycles. The van der Waals surface area contributed by atoms with E-state index in [1.807, 2.05) is 0 Å². The van der Waals surface area contributed by atoms with Gasteiger partial charge in [-0.25, -0.2) is 0 Å². The van der Waals surface area contributed by atoms with E-state index in [0.29, 0.717) is 11.5 Å². The van der Waals surface area contributed by atoms with Crippen molar-refractivity contribution >= 4 is 0 Å². The summed E-state index contributed by atoms with van der Waals surface area (Å²) in [5.41, 5.74) is -2.10. The van der Waals surface area contributed by atoms with Gasteiger partial charge in [0.1, 0.15) is 24.7 Å². The van der Waals surface area contributed by atoms with Gasteiger partial charge in [-0.05, 0) is 49.2 Å². The van der Waals surface area contributed by atoms with Gasteiger partial charge in [0, 0.05) is 13.6 Å². The lowest BCUT2D eigenvalue weighted by molar-refractivity contribution is 0.122. The highest BCUT2D eigenvalue weighted by Gasteiger charge is 2.23. The fourth-order valence-corrected chi connectivity index (χ4v) is 2.20. The Labute approximate surface area is 158 Å². The first-order chi connectivity index (χ1) is 14.3. The molecule has 0 radical (unpaired) electrons. The first-order valence-electron chi connectivity index (χ1n) is 11.1. The Morgan fingerprint density at radius 2 is 1.16 bits per heavy atom. The molecule has 0 fully saturated rings. The first kappa shape index (κ1) is 12.3. The van der Waals surface area contributed by atoms with Crippen molar-refractivity contribution in [3.05, 3.63) is 59.7 Å². The van der Waals surface area contributed by atoms with Crippen LogP contribution in [0.25, 0.3) is 0 Å². The van der Waals surface area contributed by atoms with Gasteiger partial charge in [0.15, 0.2) is 0 Å². The molecule has 2 aromatic carbocycles. The number of benzene rings is 2. The van der Waals surface area contributed by atoms with Crippen LogP contribution in [0.4, 0.5) is 0 Å². The predicted molar refractivity (Wildman–Crippen MR) is 99.4 cm³/mol. The minimum absolute atomic E-state index is 0.0525. The third-order valence-corrected chi connectivity index (χ3v) is 3.56. The molecule has 25 heavy (non-hydrogen) atoms. The third-order valence-electron chi connectivity index (χ3n) is 3.56. The summed E-state index contributed by atoms with van der Waals surface area (Å²) in [5.74, 6) is 0.771. The average molecular weight is 350 g/mol.